The van der Waals surface area contributed by atoms with Gasteiger partial charge in [0.05, 0.1) is 6.54 Å². The molecule has 0 unspecified atom stereocenters. The summed E-state index contributed by atoms with van der Waals surface area (Å²) in [5, 5.41) is 4.63. The average Bonchev–Trinajstić information content (AvgIpc) is 2.59. The Morgan fingerprint density at radius 2 is 1.78 bits per heavy atom. The summed E-state index contributed by atoms with van der Waals surface area (Å²) in [6.07, 6.45) is -5.89. The van der Waals surface area contributed by atoms with Crippen LogP contribution in [0.4, 0.5) is 26.3 Å². The van der Waals surface area contributed by atoms with Gasteiger partial charge in [0, 0.05) is 30.8 Å². The molecule has 0 aromatic heterocycles. The molecule has 1 aliphatic carbocycles. The van der Waals surface area contributed by atoms with Gasteiger partial charge in [-0.3, -0.25) is 14.5 Å². The minimum Gasteiger partial charge on any atom is -0.352 e. The fourth-order valence-corrected chi connectivity index (χ4v) is 4.45. The van der Waals surface area contributed by atoms with Crippen molar-refractivity contribution in [1.29, 1.82) is 0 Å². The topological polar surface area (TPSA) is 61.4 Å². The molecular formula is C21H25F6N3O2. The SMILES string of the molecule is CC(C)(NC(=O)CN1CC2(CC(CNC(=O)c3cc(F)cc(C(F)F)c3)C2)C1)C(F)(F)F. The molecule has 1 aromatic carbocycles. The number of nitrogens with zero attached hydrogens (tertiary/aromatic N) is 1. The van der Waals surface area contributed by atoms with Gasteiger partial charge in [0.1, 0.15) is 11.4 Å². The van der Waals surface area contributed by atoms with E-state index in [-0.39, 0.29) is 23.4 Å². The first-order chi connectivity index (χ1) is 14.7. The van der Waals surface area contributed by atoms with Crippen LogP contribution >= 0.6 is 0 Å². The van der Waals surface area contributed by atoms with Crippen molar-refractivity contribution in [1.82, 2.24) is 15.5 Å². The van der Waals surface area contributed by atoms with E-state index < -0.39 is 41.3 Å². The zero-order valence-corrected chi connectivity index (χ0v) is 17.7. The lowest BCUT2D eigenvalue weighted by Crippen LogP contribution is -2.65. The molecule has 2 N–H and O–H groups in total. The van der Waals surface area contributed by atoms with E-state index in [2.05, 4.69) is 5.32 Å². The smallest absolute Gasteiger partial charge is 0.352 e. The molecule has 1 heterocycles. The van der Waals surface area contributed by atoms with E-state index in [9.17, 15) is 35.9 Å². The van der Waals surface area contributed by atoms with Crippen LogP contribution in [0.15, 0.2) is 18.2 Å². The van der Waals surface area contributed by atoms with Crippen LogP contribution in [-0.4, -0.2) is 54.6 Å². The zero-order chi connectivity index (χ0) is 23.9. The monoisotopic (exact) mass is 465 g/mol. The second-order valence-corrected chi connectivity index (χ2v) is 9.37. The van der Waals surface area contributed by atoms with Crippen LogP contribution in [0.5, 0.6) is 0 Å². The molecule has 0 radical (unpaired) electrons. The number of hydrogen-bond acceptors (Lipinski definition) is 3. The highest BCUT2D eigenvalue weighted by molar-refractivity contribution is 5.94. The van der Waals surface area contributed by atoms with Crippen LogP contribution in [0.2, 0.25) is 0 Å². The Morgan fingerprint density at radius 1 is 1.16 bits per heavy atom. The maximum absolute atomic E-state index is 13.5. The number of carbonyl (C=O) groups excluding carboxylic acids is 2. The number of halogens is 6. The van der Waals surface area contributed by atoms with Crippen LogP contribution < -0.4 is 10.6 Å². The van der Waals surface area contributed by atoms with Crippen molar-refractivity contribution in [2.75, 3.05) is 26.2 Å². The van der Waals surface area contributed by atoms with E-state index in [1.165, 1.54) is 0 Å². The lowest BCUT2D eigenvalue weighted by atomic mass is 9.57. The molecule has 0 atom stereocenters. The molecule has 1 saturated carbocycles. The predicted octanol–water partition coefficient (Wildman–Crippen LogP) is 3.66. The highest BCUT2D eigenvalue weighted by atomic mass is 19.4. The van der Waals surface area contributed by atoms with E-state index in [1.807, 2.05) is 5.32 Å². The van der Waals surface area contributed by atoms with Gasteiger partial charge in [0.15, 0.2) is 0 Å². The number of benzene rings is 1. The van der Waals surface area contributed by atoms with Crippen molar-refractivity contribution in [2.45, 2.75) is 44.8 Å². The number of rotatable bonds is 7. The Labute approximate surface area is 181 Å². The zero-order valence-electron chi connectivity index (χ0n) is 17.7. The Kier molecular flexibility index (Phi) is 6.52. The highest BCUT2D eigenvalue weighted by Gasteiger charge is 2.53. The Hall–Kier alpha value is -2.30. The van der Waals surface area contributed by atoms with Crippen molar-refractivity contribution < 1.29 is 35.9 Å². The molecule has 2 fully saturated rings. The van der Waals surface area contributed by atoms with Gasteiger partial charge in [0.2, 0.25) is 5.91 Å². The Balaban J connectivity index is 1.39. The molecule has 1 spiro atoms. The lowest BCUT2D eigenvalue weighted by Gasteiger charge is -2.59. The lowest BCUT2D eigenvalue weighted by molar-refractivity contribution is -0.189. The van der Waals surface area contributed by atoms with Crippen molar-refractivity contribution in [3.63, 3.8) is 0 Å². The normalized spacial score (nSPS) is 18.9. The second-order valence-electron chi connectivity index (χ2n) is 9.37. The van der Waals surface area contributed by atoms with Gasteiger partial charge in [-0.1, -0.05) is 0 Å². The maximum atomic E-state index is 13.5. The standard InChI is InChI=1S/C21H25F6N3O2/c1-19(2,21(25,26)27)29-16(31)9-30-10-20(11-30)6-12(7-20)8-28-18(32)14-3-13(17(23)24)4-15(22)5-14/h3-5,12,17H,6-11H2,1-2H3,(H,28,32)(H,29,31). The van der Waals surface area contributed by atoms with Crippen molar-refractivity contribution in [2.24, 2.45) is 11.3 Å². The molecular weight excluding hydrogens is 440 g/mol. The van der Waals surface area contributed by atoms with Crippen molar-refractivity contribution >= 4 is 11.8 Å². The fraction of sp³-hybridized carbons (Fsp3) is 0.619. The minimum atomic E-state index is -4.54. The summed E-state index contributed by atoms with van der Waals surface area (Å²) in [5.74, 6) is -2.08. The molecule has 1 aliphatic heterocycles. The highest BCUT2D eigenvalue weighted by Crippen LogP contribution is 2.51. The third-order valence-electron chi connectivity index (χ3n) is 6.07. The van der Waals surface area contributed by atoms with Gasteiger partial charge >= 0.3 is 6.18 Å². The van der Waals surface area contributed by atoms with Crippen LogP contribution in [-0.2, 0) is 4.79 Å². The summed E-state index contributed by atoms with van der Waals surface area (Å²) >= 11 is 0. The first-order valence-corrected chi connectivity index (χ1v) is 10.2. The maximum Gasteiger partial charge on any atom is 0.410 e. The van der Waals surface area contributed by atoms with Gasteiger partial charge in [-0.15, -0.1) is 0 Å². The summed E-state index contributed by atoms with van der Waals surface area (Å²) in [7, 11) is 0. The second kappa shape index (κ2) is 8.57. The molecule has 5 nitrogen and oxygen atoms in total. The molecule has 2 amide bonds. The number of likely N-dealkylation sites (tertiary alicyclic amines) is 1. The first kappa shape index (κ1) is 24.3. The van der Waals surface area contributed by atoms with E-state index in [0.717, 1.165) is 38.8 Å². The molecule has 32 heavy (non-hydrogen) atoms. The number of alkyl halides is 5. The molecule has 178 valence electrons. The fourth-order valence-electron chi connectivity index (χ4n) is 4.45. The van der Waals surface area contributed by atoms with Gasteiger partial charge in [-0.25, -0.2) is 13.2 Å². The summed E-state index contributed by atoms with van der Waals surface area (Å²) < 4.78 is 77.6. The van der Waals surface area contributed by atoms with E-state index in [0.29, 0.717) is 25.7 Å². The van der Waals surface area contributed by atoms with Gasteiger partial charge in [-0.05, 0) is 56.2 Å². The Bertz CT molecular complexity index is 873. The van der Waals surface area contributed by atoms with Crippen molar-refractivity contribution in [3.8, 4) is 0 Å². The molecule has 2 aliphatic rings. The van der Waals surface area contributed by atoms with E-state index in [4.69, 9.17) is 0 Å². The molecule has 1 saturated heterocycles. The quantitative estimate of drug-likeness (QED) is 0.605. The van der Waals surface area contributed by atoms with Crippen molar-refractivity contribution in [3.05, 3.63) is 35.1 Å². The largest absolute Gasteiger partial charge is 0.410 e. The number of hydrogen-bond donors (Lipinski definition) is 2. The van der Waals surface area contributed by atoms with Crippen LogP contribution in [0.3, 0.4) is 0 Å². The number of amides is 2. The predicted molar refractivity (Wildman–Crippen MR) is 104 cm³/mol. The number of carbonyl (C=O) groups is 2. The summed E-state index contributed by atoms with van der Waals surface area (Å²) in [5.41, 5.74) is -3.05. The molecule has 1 aromatic rings. The van der Waals surface area contributed by atoms with E-state index >= 15 is 0 Å². The van der Waals surface area contributed by atoms with E-state index in [1.54, 1.807) is 4.90 Å². The van der Waals surface area contributed by atoms with Crippen LogP contribution in [0, 0.1) is 17.2 Å². The van der Waals surface area contributed by atoms with Crippen LogP contribution in [0.25, 0.3) is 0 Å². The molecule has 11 heteroatoms. The first-order valence-electron chi connectivity index (χ1n) is 10.2. The Morgan fingerprint density at radius 3 is 2.34 bits per heavy atom. The molecule has 0 bridgehead atoms. The molecule has 3 rings (SSSR count). The third kappa shape index (κ3) is 5.36. The average molecular weight is 465 g/mol. The third-order valence-corrected chi connectivity index (χ3v) is 6.07. The minimum absolute atomic E-state index is 0.0169. The summed E-state index contributed by atoms with van der Waals surface area (Å²) in [6.45, 7) is 3.17. The van der Waals surface area contributed by atoms with Gasteiger partial charge < -0.3 is 10.6 Å². The van der Waals surface area contributed by atoms with Crippen LogP contribution in [0.1, 0.15) is 49.0 Å². The summed E-state index contributed by atoms with van der Waals surface area (Å²) in [4.78, 5) is 25.9. The summed E-state index contributed by atoms with van der Waals surface area (Å²) in [6, 6.07) is 2.54. The number of nitrogens with one attached hydrogen (secondary N) is 2. The van der Waals surface area contributed by atoms with Gasteiger partial charge in [0.25, 0.3) is 12.3 Å². The van der Waals surface area contributed by atoms with Gasteiger partial charge in [-0.2, -0.15) is 13.2 Å².